The number of hydrogen-bond acceptors (Lipinski definition) is 3. The summed E-state index contributed by atoms with van der Waals surface area (Å²) in [6.07, 6.45) is 20.9. The largest absolute Gasteiger partial charge is 0.481 e. The second-order valence-electron chi connectivity index (χ2n) is 7.37. The highest BCUT2D eigenvalue weighted by Gasteiger charge is 2.20. The molecule has 0 aromatic carbocycles. The lowest BCUT2D eigenvalue weighted by molar-refractivity contribution is -0.143. The predicted molar refractivity (Wildman–Crippen MR) is 116 cm³/mol. The molecule has 0 saturated heterocycles. The second kappa shape index (κ2) is 19.2. The summed E-state index contributed by atoms with van der Waals surface area (Å²) in [5, 5.41) is 20.0. The number of aliphatic carboxylic acids is 2. The molecule has 0 saturated carbocycles. The first kappa shape index (κ1) is 26.9. The average molecular weight is 410 g/mol. The van der Waals surface area contributed by atoms with Crippen molar-refractivity contribution in [3.8, 4) is 0 Å². The van der Waals surface area contributed by atoms with Crippen molar-refractivity contribution in [3.05, 3.63) is 24.3 Å². The lowest BCUT2D eigenvalue weighted by Gasteiger charge is -2.13. The highest BCUT2D eigenvalue weighted by molar-refractivity contribution is 5.83. The second-order valence-corrected chi connectivity index (χ2v) is 7.37. The van der Waals surface area contributed by atoms with Gasteiger partial charge in [0.25, 0.3) is 0 Å². The molecule has 0 aliphatic heterocycles. The number of carboxylic acid groups (broad SMARTS) is 2. The normalized spacial score (nSPS) is 12.4. The van der Waals surface area contributed by atoms with Crippen molar-refractivity contribution < 1.29 is 24.6 Å². The summed E-state index contributed by atoms with van der Waals surface area (Å²) in [5.74, 6) is -2.59. The van der Waals surface area contributed by atoms with Crippen LogP contribution < -0.4 is 5.32 Å². The summed E-state index contributed by atoms with van der Waals surface area (Å²) >= 11 is 0. The molecule has 0 rings (SSSR count). The number of unbranched alkanes of at least 4 members (excludes halogenated alkanes) is 8. The molecule has 0 aromatic heterocycles. The molecule has 0 bridgehead atoms. The first-order valence-corrected chi connectivity index (χ1v) is 11.0. The standard InChI is InChI=1S/C23H39NO5/c1-2-3-4-5-6-7-8-9-10-11-12-13-14-15-16-17-21(25)24-20(23(28)29)18-19-22(26)27/h6-7,9-10,20H,2-5,8,11-19H2,1H3,(H,24,25)(H,26,27)(H,28,29)/b7-6+,10-9+. The Bertz CT molecular complexity index is 513. The number of hydrogen-bond donors (Lipinski definition) is 3. The first-order valence-electron chi connectivity index (χ1n) is 11.0. The van der Waals surface area contributed by atoms with Crippen LogP contribution in [0.2, 0.25) is 0 Å². The van der Waals surface area contributed by atoms with Crippen molar-refractivity contribution in [1.29, 1.82) is 0 Å². The molecule has 0 radical (unpaired) electrons. The third-order valence-electron chi connectivity index (χ3n) is 4.63. The Morgan fingerprint density at radius 3 is 1.97 bits per heavy atom. The number of nitrogens with one attached hydrogen (secondary N) is 1. The van der Waals surface area contributed by atoms with Gasteiger partial charge in [0.1, 0.15) is 6.04 Å². The van der Waals surface area contributed by atoms with E-state index in [9.17, 15) is 14.4 Å². The zero-order valence-electron chi connectivity index (χ0n) is 17.9. The minimum Gasteiger partial charge on any atom is -0.481 e. The molecule has 0 fully saturated rings. The van der Waals surface area contributed by atoms with Crippen molar-refractivity contribution in [1.82, 2.24) is 5.32 Å². The zero-order chi connectivity index (χ0) is 21.7. The van der Waals surface area contributed by atoms with E-state index in [0.717, 1.165) is 44.9 Å². The molecule has 1 atom stereocenters. The van der Waals surface area contributed by atoms with Crippen LogP contribution in [0.3, 0.4) is 0 Å². The SMILES string of the molecule is CCCCC/C=C/C/C=C/CCCCCCCC(=O)NC(CCC(=O)O)C(=O)O. The fourth-order valence-electron chi connectivity index (χ4n) is 2.89. The average Bonchev–Trinajstić information content (AvgIpc) is 2.67. The predicted octanol–water partition coefficient (Wildman–Crippen LogP) is 5.23. The van der Waals surface area contributed by atoms with Crippen LogP contribution in [0.1, 0.15) is 96.8 Å². The number of allylic oxidation sites excluding steroid dienone is 4. The Morgan fingerprint density at radius 1 is 0.793 bits per heavy atom. The lowest BCUT2D eigenvalue weighted by atomic mass is 10.1. The van der Waals surface area contributed by atoms with Crippen molar-refractivity contribution in [2.24, 2.45) is 0 Å². The summed E-state index contributed by atoms with van der Waals surface area (Å²) in [4.78, 5) is 33.4. The van der Waals surface area contributed by atoms with Crippen LogP contribution in [0.5, 0.6) is 0 Å². The molecular weight excluding hydrogens is 370 g/mol. The highest BCUT2D eigenvalue weighted by atomic mass is 16.4. The van der Waals surface area contributed by atoms with Crippen molar-refractivity contribution in [2.45, 2.75) is 103 Å². The molecule has 29 heavy (non-hydrogen) atoms. The summed E-state index contributed by atoms with van der Waals surface area (Å²) in [7, 11) is 0. The Hall–Kier alpha value is -2.11. The molecule has 1 unspecified atom stereocenters. The highest BCUT2D eigenvalue weighted by Crippen LogP contribution is 2.09. The maximum Gasteiger partial charge on any atom is 0.326 e. The van der Waals surface area contributed by atoms with Crippen molar-refractivity contribution >= 4 is 17.8 Å². The van der Waals surface area contributed by atoms with E-state index in [4.69, 9.17) is 10.2 Å². The van der Waals surface area contributed by atoms with Gasteiger partial charge < -0.3 is 15.5 Å². The lowest BCUT2D eigenvalue weighted by Crippen LogP contribution is -2.41. The zero-order valence-corrected chi connectivity index (χ0v) is 17.9. The van der Waals surface area contributed by atoms with Gasteiger partial charge >= 0.3 is 11.9 Å². The monoisotopic (exact) mass is 409 g/mol. The smallest absolute Gasteiger partial charge is 0.326 e. The maximum absolute atomic E-state index is 11.8. The Labute approximate surface area is 175 Å². The summed E-state index contributed by atoms with van der Waals surface area (Å²) in [5.41, 5.74) is 0. The summed E-state index contributed by atoms with van der Waals surface area (Å²) in [6, 6.07) is -1.13. The number of carbonyl (C=O) groups excluding carboxylic acids is 1. The molecule has 0 aromatic rings. The van der Waals surface area contributed by atoms with E-state index >= 15 is 0 Å². The first-order chi connectivity index (χ1) is 14.0. The van der Waals surface area contributed by atoms with E-state index in [1.165, 1.54) is 25.7 Å². The molecule has 0 spiro atoms. The number of amides is 1. The van der Waals surface area contributed by atoms with E-state index < -0.39 is 18.0 Å². The van der Waals surface area contributed by atoms with Gasteiger partial charge in [-0.05, 0) is 44.9 Å². The quantitative estimate of drug-likeness (QED) is 0.200. The van der Waals surface area contributed by atoms with Gasteiger partial charge in [0.2, 0.25) is 5.91 Å². The minimum atomic E-state index is -1.19. The van der Waals surface area contributed by atoms with Gasteiger partial charge in [0, 0.05) is 12.8 Å². The van der Waals surface area contributed by atoms with E-state index in [2.05, 4.69) is 36.5 Å². The van der Waals surface area contributed by atoms with Crippen molar-refractivity contribution in [3.63, 3.8) is 0 Å². The fraction of sp³-hybridized carbons (Fsp3) is 0.696. The molecule has 6 heteroatoms. The van der Waals surface area contributed by atoms with Gasteiger partial charge in [-0.2, -0.15) is 0 Å². The third-order valence-corrected chi connectivity index (χ3v) is 4.63. The van der Waals surface area contributed by atoms with E-state index in [0.29, 0.717) is 0 Å². The molecule has 166 valence electrons. The van der Waals surface area contributed by atoms with Gasteiger partial charge in [-0.3, -0.25) is 9.59 Å². The van der Waals surface area contributed by atoms with Crippen LogP contribution in [0.4, 0.5) is 0 Å². The number of carbonyl (C=O) groups is 3. The Balaban J connectivity index is 3.61. The fourth-order valence-corrected chi connectivity index (χ4v) is 2.89. The Morgan fingerprint density at radius 2 is 1.38 bits per heavy atom. The summed E-state index contributed by atoms with van der Waals surface area (Å²) < 4.78 is 0. The topological polar surface area (TPSA) is 104 Å². The van der Waals surface area contributed by atoms with E-state index in [1.807, 2.05) is 0 Å². The van der Waals surface area contributed by atoms with Gasteiger partial charge in [-0.15, -0.1) is 0 Å². The minimum absolute atomic E-state index is 0.0986. The van der Waals surface area contributed by atoms with Gasteiger partial charge in [0.15, 0.2) is 0 Å². The number of rotatable bonds is 19. The third kappa shape index (κ3) is 19.0. The van der Waals surface area contributed by atoms with Crippen LogP contribution in [-0.2, 0) is 14.4 Å². The molecule has 0 heterocycles. The molecule has 6 nitrogen and oxygen atoms in total. The van der Waals surface area contributed by atoms with E-state index in [1.54, 1.807) is 0 Å². The van der Waals surface area contributed by atoms with Crippen LogP contribution in [0.15, 0.2) is 24.3 Å². The van der Waals surface area contributed by atoms with Crippen molar-refractivity contribution in [2.75, 3.05) is 0 Å². The molecule has 0 aliphatic rings. The van der Waals surface area contributed by atoms with Gasteiger partial charge in [-0.25, -0.2) is 4.79 Å². The van der Waals surface area contributed by atoms with Crippen LogP contribution in [0, 0.1) is 0 Å². The van der Waals surface area contributed by atoms with Crippen LogP contribution >= 0.6 is 0 Å². The molecule has 0 aliphatic carbocycles. The van der Waals surface area contributed by atoms with Crippen LogP contribution in [-0.4, -0.2) is 34.1 Å². The maximum atomic E-state index is 11.8. The Kier molecular flexibility index (Phi) is 17.8. The molecular formula is C23H39NO5. The summed E-state index contributed by atoms with van der Waals surface area (Å²) in [6.45, 7) is 2.22. The molecule has 1 amide bonds. The van der Waals surface area contributed by atoms with E-state index in [-0.39, 0.29) is 25.2 Å². The number of carboxylic acids is 2. The molecule has 3 N–H and O–H groups in total. The van der Waals surface area contributed by atoms with Gasteiger partial charge in [0.05, 0.1) is 0 Å². The van der Waals surface area contributed by atoms with Crippen LogP contribution in [0.25, 0.3) is 0 Å². The van der Waals surface area contributed by atoms with Gasteiger partial charge in [-0.1, -0.05) is 63.3 Å².